The molecular weight excluding hydrogens is 390 g/mol. The second kappa shape index (κ2) is 6.81. The Labute approximate surface area is 159 Å². The molecule has 1 N–H and O–H groups in total. The second-order valence-electron chi connectivity index (χ2n) is 6.01. The van der Waals surface area contributed by atoms with E-state index in [2.05, 4.69) is 21.2 Å². The number of amides is 1. The van der Waals surface area contributed by atoms with Crippen LogP contribution in [0.4, 0.5) is 5.69 Å². The molecule has 0 heterocycles. The highest BCUT2D eigenvalue weighted by molar-refractivity contribution is 9.10. The van der Waals surface area contributed by atoms with Crippen molar-refractivity contribution in [2.45, 2.75) is 0 Å². The van der Waals surface area contributed by atoms with Crippen molar-refractivity contribution in [1.82, 2.24) is 0 Å². The number of nitrogens with one attached hydrogen (secondary N) is 1. The van der Waals surface area contributed by atoms with Crippen LogP contribution in [0.3, 0.4) is 0 Å². The minimum Gasteiger partial charge on any atom is -0.495 e. The maximum atomic E-state index is 12.9. The fraction of sp³-hybridized carbons (Fsp3) is 0.0455. The lowest BCUT2D eigenvalue weighted by Crippen LogP contribution is -2.13. The first kappa shape index (κ1) is 16.6. The number of methoxy groups -OCH3 is 1. The van der Waals surface area contributed by atoms with Crippen LogP contribution in [0.5, 0.6) is 5.75 Å². The van der Waals surface area contributed by atoms with Gasteiger partial charge >= 0.3 is 0 Å². The number of benzene rings is 4. The molecule has 0 aliphatic rings. The van der Waals surface area contributed by atoms with Gasteiger partial charge in [0.05, 0.1) is 17.1 Å². The number of anilines is 1. The minimum absolute atomic E-state index is 0.205. The van der Waals surface area contributed by atoms with Gasteiger partial charge in [0.2, 0.25) is 0 Å². The van der Waals surface area contributed by atoms with Crippen LogP contribution in [0.25, 0.3) is 21.5 Å². The molecule has 0 saturated carbocycles. The first-order valence-electron chi connectivity index (χ1n) is 8.23. The van der Waals surface area contributed by atoms with Crippen molar-refractivity contribution in [3.63, 3.8) is 0 Å². The van der Waals surface area contributed by atoms with E-state index in [9.17, 15) is 4.79 Å². The van der Waals surface area contributed by atoms with E-state index in [-0.39, 0.29) is 5.91 Å². The number of hydrogen-bond donors (Lipinski definition) is 1. The number of rotatable bonds is 3. The van der Waals surface area contributed by atoms with E-state index in [4.69, 9.17) is 4.74 Å². The molecule has 4 heteroatoms. The van der Waals surface area contributed by atoms with Crippen LogP contribution in [0.2, 0.25) is 0 Å². The Morgan fingerprint density at radius 2 is 1.58 bits per heavy atom. The van der Waals surface area contributed by atoms with Gasteiger partial charge in [-0.3, -0.25) is 4.79 Å². The molecule has 0 spiro atoms. The monoisotopic (exact) mass is 405 g/mol. The smallest absolute Gasteiger partial charge is 0.259 e. The lowest BCUT2D eigenvalue weighted by Gasteiger charge is -2.14. The first-order valence-corrected chi connectivity index (χ1v) is 9.02. The summed E-state index contributed by atoms with van der Waals surface area (Å²) in [4.78, 5) is 12.9. The van der Waals surface area contributed by atoms with Crippen LogP contribution in [0, 0.1) is 0 Å². The average molecular weight is 406 g/mol. The molecule has 0 aliphatic heterocycles. The molecule has 4 aromatic carbocycles. The Morgan fingerprint density at radius 1 is 0.885 bits per heavy atom. The van der Waals surface area contributed by atoms with E-state index >= 15 is 0 Å². The highest BCUT2D eigenvalue weighted by atomic mass is 79.9. The third-order valence-corrected chi connectivity index (χ3v) is 5.18. The summed E-state index contributed by atoms with van der Waals surface area (Å²) in [6.45, 7) is 0. The topological polar surface area (TPSA) is 38.3 Å². The number of carbonyl (C=O) groups excluding carboxylic acids is 1. The van der Waals surface area contributed by atoms with E-state index in [0.29, 0.717) is 11.3 Å². The Balaban J connectivity index is 1.75. The Morgan fingerprint density at radius 3 is 2.35 bits per heavy atom. The molecule has 0 aliphatic carbocycles. The molecule has 0 atom stereocenters. The summed E-state index contributed by atoms with van der Waals surface area (Å²) in [5, 5.41) is 7.18. The Kier molecular flexibility index (Phi) is 4.35. The summed E-state index contributed by atoms with van der Waals surface area (Å²) in [6.07, 6.45) is 0. The number of halogens is 1. The molecule has 4 aromatic rings. The molecule has 0 unspecified atom stereocenters. The largest absolute Gasteiger partial charge is 0.495 e. The Hall–Kier alpha value is -2.85. The van der Waals surface area contributed by atoms with Crippen LogP contribution in [-0.2, 0) is 0 Å². The van der Waals surface area contributed by atoms with Gasteiger partial charge in [0.1, 0.15) is 5.75 Å². The third-order valence-electron chi connectivity index (χ3n) is 4.40. The van der Waals surface area contributed by atoms with Crippen LogP contribution in [0.1, 0.15) is 10.4 Å². The lowest BCUT2D eigenvalue weighted by atomic mass is 10.0. The molecule has 128 valence electrons. The molecule has 0 bridgehead atoms. The van der Waals surface area contributed by atoms with Crippen LogP contribution in [0.15, 0.2) is 77.3 Å². The highest BCUT2D eigenvalue weighted by Crippen LogP contribution is 2.37. The summed E-state index contributed by atoms with van der Waals surface area (Å²) in [7, 11) is 1.57. The van der Waals surface area contributed by atoms with Gasteiger partial charge in [-0.2, -0.15) is 0 Å². The maximum Gasteiger partial charge on any atom is 0.259 e. The fourth-order valence-electron chi connectivity index (χ4n) is 3.12. The van der Waals surface area contributed by atoms with E-state index in [1.165, 1.54) is 0 Å². The molecule has 1 amide bonds. The fourth-order valence-corrected chi connectivity index (χ4v) is 3.85. The molecular formula is C22H16BrNO2. The van der Waals surface area contributed by atoms with Crippen LogP contribution < -0.4 is 10.1 Å². The molecule has 0 aromatic heterocycles. The van der Waals surface area contributed by atoms with E-state index in [1.54, 1.807) is 7.11 Å². The van der Waals surface area contributed by atoms with Crippen molar-refractivity contribution in [3.05, 3.63) is 82.8 Å². The average Bonchev–Trinajstić information content (AvgIpc) is 2.68. The zero-order valence-electron chi connectivity index (χ0n) is 14.1. The standard InChI is InChI=1S/C22H16BrNO2/c1-26-21-19(13-16-8-4-5-9-18(16)20(21)23)22(25)24-17-11-10-14-6-2-3-7-15(14)12-17/h2-13H,1H3,(H,24,25). The molecule has 3 nitrogen and oxygen atoms in total. The van der Waals surface area contributed by atoms with E-state index < -0.39 is 0 Å². The summed E-state index contributed by atoms with van der Waals surface area (Å²) in [5.74, 6) is 0.325. The molecule has 0 fully saturated rings. The van der Waals surface area contributed by atoms with Crippen molar-refractivity contribution >= 4 is 49.1 Å². The van der Waals surface area contributed by atoms with Gasteiger partial charge in [0.25, 0.3) is 5.91 Å². The van der Waals surface area contributed by atoms with Crippen molar-refractivity contribution in [2.24, 2.45) is 0 Å². The zero-order chi connectivity index (χ0) is 18.1. The second-order valence-corrected chi connectivity index (χ2v) is 6.80. The summed E-state index contributed by atoms with van der Waals surface area (Å²) in [5.41, 5.74) is 1.24. The lowest BCUT2D eigenvalue weighted by molar-refractivity contribution is 0.102. The van der Waals surface area contributed by atoms with Gasteiger partial charge < -0.3 is 10.1 Å². The van der Waals surface area contributed by atoms with Gasteiger partial charge in [0, 0.05) is 5.69 Å². The van der Waals surface area contributed by atoms with Crippen molar-refractivity contribution in [3.8, 4) is 5.75 Å². The number of hydrogen-bond acceptors (Lipinski definition) is 2. The summed E-state index contributed by atoms with van der Waals surface area (Å²) in [6, 6.07) is 23.7. The van der Waals surface area contributed by atoms with Gasteiger partial charge in [0.15, 0.2) is 0 Å². The predicted molar refractivity (Wildman–Crippen MR) is 110 cm³/mol. The SMILES string of the molecule is COc1c(C(=O)Nc2ccc3ccccc3c2)cc2ccccc2c1Br. The van der Waals surface area contributed by atoms with Gasteiger partial charge in [-0.1, -0.05) is 54.6 Å². The predicted octanol–water partition coefficient (Wildman–Crippen LogP) is 6.02. The van der Waals surface area contributed by atoms with Crippen molar-refractivity contribution in [1.29, 1.82) is 0 Å². The molecule has 4 rings (SSSR count). The molecule has 0 radical (unpaired) electrons. The van der Waals surface area contributed by atoms with Gasteiger partial charge in [-0.05, 0) is 55.7 Å². The van der Waals surface area contributed by atoms with Crippen molar-refractivity contribution < 1.29 is 9.53 Å². The van der Waals surface area contributed by atoms with E-state index in [1.807, 2.05) is 72.8 Å². The van der Waals surface area contributed by atoms with Crippen molar-refractivity contribution in [2.75, 3.05) is 12.4 Å². The first-order chi connectivity index (χ1) is 12.7. The zero-order valence-corrected chi connectivity index (χ0v) is 15.7. The normalized spacial score (nSPS) is 10.8. The summed E-state index contributed by atoms with van der Waals surface area (Å²) >= 11 is 3.57. The molecule has 0 saturated heterocycles. The highest BCUT2D eigenvalue weighted by Gasteiger charge is 2.18. The maximum absolute atomic E-state index is 12.9. The van der Waals surface area contributed by atoms with Crippen LogP contribution in [-0.4, -0.2) is 13.0 Å². The van der Waals surface area contributed by atoms with E-state index in [0.717, 1.165) is 31.7 Å². The van der Waals surface area contributed by atoms with Crippen LogP contribution >= 0.6 is 15.9 Å². The van der Waals surface area contributed by atoms with Gasteiger partial charge in [-0.25, -0.2) is 0 Å². The summed E-state index contributed by atoms with van der Waals surface area (Å²) < 4.78 is 6.29. The molecule has 26 heavy (non-hydrogen) atoms. The Bertz CT molecular complexity index is 1140. The number of fused-ring (bicyclic) bond motifs is 2. The quantitative estimate of drug-likeness (QED) is 0.452. The van der Waals surface area contributed by atoms with Gasteiger partial charge in [-0.15, -0.1) is 0 Å². The number of ether oxygens (including phenoxy) is 1. The number of carbonyl (C=O) groups is 1. The minimum atomic E-state index is -0.205. The third kappa shape index (κ3) is 2.93.